The van der Waals surface area contributed by atoms with Crippen molar-refractivity contribution < 1.29 is 4.79 Å². The van der Waals surface area contributed by atoms with Crippen LogP contribution in [0.1, 0.15) is 19.8 Å². The molecule has 0 spiro atoms. The van der Waals surface area contributed by atoms with Crippen LogP contribution >= 0.6 is 0 Å². The van der Waals surface area contributed by atoms with Gasteiger partial charge in [0.2, 0.25) is 0 Å². The van der Waals surface area contributed by atoms with Crippen LogP contribution in [0.3, 0.4) is 0 Å². The molecule has 0 amide bonds. The van der Waals surface area contributed by atoms with Gasteiger partial charge in [0.05, 0.1) is 12.6 Å². The summed E-state index contributed by atoms with van der Waals surface area (Å²) < 4.78 is 0. The van der Waals surface area contributed by atoms with E-state index in [1.807, 2.05) is 0 Å². The largest absolute Gasteiger partial charge is 0.300 e. The van der Waals surface area contributed by atoms with Crippen LogP contribution in [0.15, 0.2) is 0 Å². The molecule has 12 heavy (non-hydrogen) atoms. The van der Waals surface area contributed by atoms with Gasteiger partial charge in [-0.3, -0.25) is 9.69 Å². The Balaban J connectivity index is 2.41. The number of hydrogen-bond acceptors (Lipinski definition) is 3. The van der Waals surface area contributed by atoms with Gasteiger partial charge in [-0.25, -0.2) is 0 Å². The van der Waals surface area contributed by atoms with E-state index >= 15 is 0 Å². The number of rotatable bonds is 2. The first-order chi connectivity index (χ1) is 5.74. The van der Waals surface area contributed by atoms with Crippen molar-refractivity contribution in [2.24, 2.45) is 5.92 Å². The minimum Gasteiger partial charge on any atom is -0.300 e. The lowest BCUT2D eigenvalue weighted by Crippen LogP contribution is -2.38. The Kier molecular flexibility index (Phi) is 3.24. The fraction of sp³-hybridized carbons (Fsp3) is 0.778. The molecule has 0 aliphatic carbocycles. The molecule has 0 radical (unpaired) electrons. The maximum absolute atomic E-state index is 11.0. The summed E-state index contributed by atoms with van der Waals surface area (Å²) in [7, 11) is 0. The Labute approximate surface area is 73.0 Å². The first-order valence-electron chi connectivity index (χ1n) is 4.34. The standard InChI is InChI=1S/C9H14N2O/c1-8(12)9-3-2-5-11(7-9)6-4-10/h9H,2-3,5-7H2,1H3. The van der Waals surface area contributed by atoms with Crippen molar-refractivity contribution in [3.05, 3.63) is 0 Å². The monoisotopic (exact) mass is 166 g/mol. The zero-order chi connectivity index (χ0) is 8.97. The van der Waals surface area contributed by atoms with E-state index in [-0.39, 0.29) is 11.7 Å². The normalized spacial score (nSPS) is 24.8. The van der Waals surface area contributed by atoms with Gasteiger partial charge in [0.15, 0.2) is 0 Å². The smallest absolute Gasteiger partial charge is 0.134 e. The second-order valence-electron chi connectivity index (χ2n) is 3.34. The van der Waals surface area contributed by atoms with Crippen molar-refractivity contribution in [2.75, 3.05) is 19.6 Å². The van der Waals surface area contributed by atoms with Gasteiger partial charge in [-0.2, -0.15) is 5.26 Å². The van der Waals surface area contributed by atoms with Crippen molar-refractivity contribution in [2.45, 2.75) is 19.8 Å². The maximum atomic E-state index is 11.0. The van der Waals surface area contributed by atoms with Gasteiger partial charge >= 0.3 is 0 Å². The molecule has 1 rings (SSSR count). The minimum absolute atomic E-state index is 0.173. The van der Waals surface area contributed by atoms with Crippen molar-refractivity contribution in [3.63, 3.8) is 0 Å². The molecule has 0 aromatic carbocycles. The molecular formula is C9H14N2O. The molecule has 1 aliphatic rings. The Morgan fingerprint density at radius 2 is 2.50 bits per heavy atom. The van der Waals surface area contributed by atoms with Crippen LogP contribution in [-0.2, 0) is 4.79 Å². The van der Waals surface area contributed by atoms with Gasteiger partial charge < -0.3 is 0 Å². The molecule has 66 valence electrons. The number of ketones is 1. The third kappa shape index (κ3) is 2.31. The molecule has 1 atom stereocenters. The number of piperidine rings is 1. The second-order valence-corrected chi connectivity index (χ2v) is 3.34. The molecule has 1 unspecified atom stereocenters. The highest BCUT2D eigenvalue weighted by molar-refractivity contribution is 5.78. The number of carbonyl (C=O) groups is 1. The number of hydrogen-bond donors (Lipinski definition) is 0. The molecule has 1 saturated heterocycles. The van der Waals surface area contributed by atoms with Crippen molar-refractivity contribution >= 4 is 5.78 Å². The second kappa shape index (κ2) is 4.22. The average molecular weight is 166 g/mol. The lowest BCUT2D eigenvalue weighted by atomic mass is 9.95. The number of Topliss-reactive ketones (excluding diaryl/α,β-unsaturated/α-hetero) is 1. The molecule has 0 aromatic heterocycles. The van der Waals surface area contributed by atoms with Gasteiger partial charge in [-0.05, 0) is 26.3 Å². The fourth-order valence-corrected chi connectivity index (χ4v) is 1.63. The maximum Gasteiger partial charge on any atom is 0.134 e. The summed E-state index contributed by atoms with van der Waals surface area (Å²) in [6.07, 6.45) is 2.04. The van der Waals surface area contributed by atoms with E-state index in [0.717, 1.165) is 25.9 Å². The van der Waals surface area contributed by atoms with Gasteiger partial charge in [0.1, 0.15) is 5.78 Å². The van der Waals surface area contributed by atoms with Gasteiger partial charge in [0.25, 0.3) is 0 Å². The molecule has 3 nitrogen and oxygen atoms in total. The Bertz CT molecular complexity index is 207. The molecule has 1 fully saturated rings. The van der Waals surface area contributed by atoms with E-state index in [2.05, 4.69) is 11.0 Å². The third-order valence-corrected chi connectivity index (χ3v) is 2.37. The van der Waals surface area contributed by atoms with Crippen molar-refractivity contribution in [1.29, 1.82) is 5.26 Å². The zero-order valence-electron chi connectivity index (χ0n) is 7.42. The van der Waals surface area contributed by atoms with Gasteiger partial charge in [0, 0.05) is 12.5 Å². The van der Waals surface area contributed by atoms with Crippen LogP contribution in [0, 0.1) is 17.2 Å². The van der Waals surface area contributed by atoms with Gasteiger partial charge in [-0.15, -0.1) is 0 Å². The average Bonchev–Trinajstić information content (AvgIpc) is 2.05. The molecule has 3 heteroatoms. The number of carbonyl (C=O) groups excluding carboxylic acids is 1. The van der Waals surface area contributed by atoms with E-state index in [1.54, 1.807) is 6.92 Å². The fourth-order valence-electron chi connectivity index (χ4n) is 1.63. The van der Waals surface area contributed by atoms with Crippen LogP contribution in [0.5, 0.6) is 0 Å². The quantitative estimate of drug-likeness (QED) is 0.570. The van der Waals surface area contributed by atoms with Crippen LogP contribution in [0.4, 0.5) is 0 Å². The van der Waals surface area contributed by atoms with E-state index in [4.69, 9.17) is 5.26 Å². The summed E-state index contributed by atoms with van der Waals surface area (Å²) in [4.78, 5) is 13.1. The van der Waals surface area contributed by atoms with Crippen LogP contribution in [0.2, 0.25) is 0 Å². The summed E-state index contributed by atoms with van der Waals surface area (Å²) in [5, 5.41) is 8.47. The highest BCUT2D eigenvalue weighted by Gasteiger charge is 2.22. The van der Waals surface area contributed by atoms with Crippen LogP contribution in [-0.4, -0.2) is 30.3 Å². The predicted octanol–water partition coefficient (Wildman–Crippen LogP) is 0.811. The lowest BCUT2D eigenvalue weighted by Gasteiger charge is -2.29. The Morgan fingerprint density at radius 1 is 1.75 bits per heavy atom. The molecule has 0 saturated carbocycles. The van der Waals surface area contributed by atoms with E-state index < -0.39 is 0 Å². The molecular weight excluding hydrogens is 152 g/mol. The predicted molar refractivity (Wildman–Crippen MR) is 45.5 cm³/mol. The summed E-state index contributed by atoms with van der Waals surface area (Å²) in [5.41, 5.74) is 0. The van der Waals surface area contributed by atoms with E-state index in [1.165, 1.54) is 0 Å². The first kappa shape index (κ1) is 9.21. The van der Waals surface area contributed by atoms with Crippen LogP contribution in [0.25, 0.3) is 0 Å². The molecule has 1 aliphatic heterocycles. The molecule has 0 bridgehead atoms. The summed E-state index contributed by atoms with van der Waals surface area (Å²) >= 11 is 0. The number of likely N-dealkylation sites (tertiary alicyclic amines) is 1. The van der Waals surface area contributed by atoms with Gasteiger partial charge in [-0.1, -0.05) is 0 Å². The van der Waals surface area contributed by atoms with E-state index in [9.17, 15) is 4.79 Å². The summed E-state index contributed by atoms with van der Waals surface area (Å²) in [6, 6.07) is 2.11. The highest BCUT2D eigenvalue weighted by Crippen LogP contribution is 2.16. The molecule has 0 aromatic rings. The summed E-state index contributed by atoms with van der Waals surface area (Å²) in [5.74, 6) is 0.435. The Hall–Kier alpha value is -0.880. The van der Waals surface area contributed by atoms with Crippen molar-refractivity contribution in [1.82, 2.24) is 4.90 Å². The third-order valence-electron chi connectivity index (χ3n) is 2.37. The van der Waals surface area contributed by atoms with E-state index in [0.29, 0.717) is 6.54 Å². The topological polar surface area (TPSA) is 44.1 Å². The van der Waals surface area contributed by atoms with Crippen molar-refractivity contribution in [3.8, 4) is 6.07 Å². The molecule has 1 heterocycles. The van der Waals surface area contributed by atoms with Crippen LogP contribution < -0.4 is 0 Å². The Morgan fingerprint density at radius 3 is 3.08 bits per heavy atom. The lowest BCUT2D eigenvalue weighted by molar-refractivity contribution is -0.122. The number of nitrogens with zero attached hydrogens (tertiary/aromatic N) is 2. The minimum atomic E-state index is 0.173. The zero-order valence-corrected chi connectivity index (χ0v) is 7.42. The highest BCUT2D eigenvalue weighted by atomic mass is 16.1. The SMILES string of the molecule is CC(=O)C1CCCN(CC#N)C1. The summed E-state index contributed by atoms with van der Waals surface area (Å²) in [6.45, 7) is 3.85. The first-order valence-corrected chi connectivity index (χ1v) is 4.34. The molecule has 0 N–H and O–H groups in total. The number of nitriles is 1.